The Hall–Kier alpha value is -7.10. The molecule has 2 saturated heterocycles. The van der Waals surface area contributed by atoms with Crippen molar-refractivity contribution >= 4 is 79.2 Å². The normalized spacial score (nSPS) is 16.3. The van der Waals surface area contributed by atoms with Crippen molar-refractivity contribution in [2.24, 2.45) is 0 Å². The molecule has 10 rings (SSSR count). The van der Waals surface area contributed by atoms with Crippen LogP contribution in [-0.4, -0.2) is 85.8 Å². The zero-order valence-electron chi connectivity index (χ0n) is 34.3. The molecule has 0 bridgehead atoms. The van der Waals surface area contributed by atoms with E-state index in [1.54, 1.807) is 54.6 Å². The summed E-state index contributed by atoms with van der Waals surface area (Å²) in [5.41, 5.74) is 2.77. The summed E-state index contributed by atoms with van der Waals surface area (Å²) >= 11 is 12.7. The number of fused-ring (bicyclic) bond motifs is 3. The highest BCUT2D eigenvalue weighted by Crippen LogP contribution is 2.37. The average molecular weight is 900 g/mol. The molecule has 2 aliphatic rings. The smallest absolute Gasteiger partial charge is 0.273 e. The molecule has 3 amide bonds. The molecule has 8 aromatic rings. The third-order valence-electron chi connectivity index (χ3n) is 11.9. The van der Waals surface area contributed by atoms with Crippen LogP contribution < -0.4 is 14.8 Å². The van der Waals surface area contributed by atoms with E-state index in [1.807, 2.05) is 36.4 Å². The van der Waals surface area contributed by atoms with Gasteiger partial charge in [0.2, 0.25) is 11.8 Å². The number of oxazole rings is 1. The minimum atomic E-state index is -0.859. The number of halogens is 3. The number of hydrogen-bond acceptors (Lipinski definition) is 10. The van der Waals surface area contributed by atoms with Gasteiger partial charge in [-0.3, -0.25) is 14.4 Å². The molecule has 4 aromatic carbocycles. The maximum Gasteiger partial charge on any atom is 0.273 e. The predicted molar refractivity (Wildman–Crippen MR) is 239 cm³/mol. The maximum atomic E-state index is 15.7. The molecule has 0 spiro atoms. The fourth-order valence-corrected chi connectivity index (χ4v) is 9.20. The summed E-state index contributed by atoms with van der Waals surface area (Å²) in [5, 5.41) is 5.48. The van der Waals surface area contributed by atoms with Gasteiger partial charge in [0.1, 0.15) is 50.9 Å². The first-order chi connectivity index (χ1) is 31.1. The number of amides is 3. The minimum absolute atomic E-state index is 0.0589. The number of benzene rings is 4. The Morgan fingerprint density at radius 3 is 2.08 bits per heavy atom. The summed E-state index contributed by atoms with van der Waals surface area (Å²) in [6.45, 7) is 0.841. The highest BCUT2D eigenvalue weighted by Gasteiger charge is 2.37. The fraction of sp³-hybridized carbons (Fsp3) is 0.213. The molecule has 17 heteroatoms. The van der Waals surface area contributed by atoms with Gasteiger partial charge in [-0.15, -0.1) is 0 Å². The van der Waals surface area contributed by atoms with E-state index < -0.39 is 23.7 Å². The van der Waals surface area contributed by atoms with Crippen LogP contribution >= 0.6 is 23.2 Å². The second kappa shape index (κ2) is 16.5. The number of carbonyl (C=O) groups excluding carboxylic acids is 3. The van der Waals surface area contributed by atoms with Gasteiger partial charge in [0, 0.05) is 45.8 Å². The van der Waals surface area contributed by atoms with Crippen molar-refractivity contribution in [1.29, 1.82) is 0 Å². The molecule has 0 radical (unpaired) electrons. The number of aromatic amines is 1. The van der Waals surface area contributed by atoms with E-state index in [0.717, 1.165) is 11.9 Å². The van der Waals surface area contributed by atoms with E-state index in [9.17, 15) is 14.4 Å². The van der Waals surface area contributed by atoms with Gasteiger partial charge in [0.15, 0.2) is 5.76 Å². The first-order valence-corrected chi connectivity index (χ1v) is 21.3. The number of H-pyrrole nitrogens is 1. The van der Waals surface area contributed by atoms with Crippen LogP contribution in [0.25, 0.3) is 55.4 Å². The number of likely N-dealkylation sites (tertiary alicyclic amines) is 2. The van der Waals surface area contributed by atoms with E-state index in [1.165, 1.54) is 24.1 Å². The highest BCUT2D eigenvalue weighted by molar-refractivity contribution is 6.31. The molecule has 0 aliphatic carbocycles. The molecular formula is C47H37Cl2FN8O6. The highest BCUT2D eigenvalue weighted by atomic mass is 35.5. The summed E-state index contributed by atoms with van der Waals surface area (Å²) in [6, 6.07) is 22.7. The molecule has 0 saturated carbocycles. The summed E-state index contributed by atoms with van der Waals surface area (Å²) in [4.78, 5) is 66.2. The van der Waals surface area contributed by atoms with E-state index in [4.69, 9.17) is 42.1 Å². The largest absolute Gasteiger partial charge is 0.496 e. The zero-order valence-corrected chi connectivity index (χ0v) is 35.8. The summed E-state index contributed by atoms with van der Waals surface area (Å²) in [7, 11) is 3.09. The van der Waals surface area contributed by atoms with Gasteiger partial charge < -0.3 is 34.0 Å². The monoisotopic (exact) mass is 898 g/mol. The maximum absolute atomic E-state index is 15.7. The van der Waals surface area contributed by atoms with Gasteiger partial charge in [-0.05, 0) is 86.3 Å². The van der Waals surface area contributed by atoms with Crippen molar-refractivity contribution in [3.8, 4) is 34.3 Å². The number of hydrogen-bond donors (Lipinski definition) is 2. The third-order valence-corrected chi connectivity index (χ3v) is 12.2. The number of imidazole rings is 1. The number of ether oxygens (including phenoxy) is 2. The van der Waals surface area contributed by atoms with Crippen molar-refractivity contribution < 1.29 is 32.7 Å². The molecule has 6 heterocycles. The van der Waals surface area contributed by atoms with Gasteiger partial charge in [-0.2, -0.15) is 0 Å². The summed E-state index contributed by atoms with van der Waals surface area (Å²) in [5.74, 6) is 0.426. The third kappa shape index (κ3) is 7.29. The topological polar surface area (TPSA) is 169 Å². The fourth-order valence-electron chi connectivity index (χ4n) is 8.81. The minimum Gasteiger partial charge on any atom is -0.496 e. The van der Waals surface area contributed by atoms with Crippen LogP contribution in [0.4, 0.5) is 10.1 Å². The second-order valence-electron chi connectivity index (χ2n) is 15.6. The summed E-state index contributed by atoms with van der Waals surface area (Å²) in [6.07, 6.45) is 4.00. The van der Waals surface area contributed by atoms with E-state index in [2.05, 4.69) is 25.3 Å². The molecule has 2 fully saturated rings. The molecule has 2 atom stereocenters. The molecule has 322 valence electrons. The van der Waals surface area contributed by atoms with Crippen molar-refractivity contribution in [2.75, 3.05) is 32.6 Å². The van der Waals surface area contributed by atoms with Gasteiger partial charge in [0.25, 0.3) is 11.8 Å². The molecular weight excluding hydrogens is 862 g/mol. The number of rotatable bonds is 9. The van der Waals surface area contributed by atoms with Gasteiger partial charge in [-0.1, -0.05) is 47.5 Å². The number of anilines is 1. The van der Waals surface area contributed by atoms with E-state index >= 15 is 4.39 Å². The lowest BCUT2D eigenvalue weighted by Gasteiger charge is -2.24. The number of nitrogens with one attached hydrogen (secondary N) is 2. The first kappa shape index (κ1) is 40.9. The van der Waals surface area contributed by atoms with Crippen LogP contribution in [0.1, 0.15) is 58.5 Å². The Morgan fingerprint density at radius 1 is 0.766 bits per heavy atom. The molecule has 4 aromatic heterocycles. The van der Waals surface area contributed by atoms with Crippen LogP contribution in [0.2, 0.25) is 10.3 Å². The molecule has 14 nitrogen and oxygen atoms in total. The first-order valence-electron chi connectivity index (χ1n) is 20.5. The second-order valence-corrected chi connectivity index (χ2v) is 16.4. The van der Waals surface area contributed by atoms with Crippen molar-refractivity contribution in [3.63, 3.8) is 0 Å². The van der Waals surface area contributed by atoms with Crippen LogP contribution in [-0.2, 0) is 4.79 Å². The summed E-state index contributed by atoms with van der Waals surface area (Å²) < 4.78 is 32.8. The van der Waals surface area contributed by atoms with Gasteiger partial charge in [-0.25, -0.2) is 24.3 Å². The molecule has 2 N–H and O–H groups in total. The Labute approximate surface area is 374 Å². The molecule has 2 aliphatic heterocycles. The quantitative estimate of drug-likeness (QED) is 0.133. The van der Waals surface area contributed by atoms with Gasteiger partial charge >= 0.3 is 0 Å². The van der Waals surface area contributed by atoms with Crippen LogP contribution in [0.15, 0.2) is 95.5 Å². The lowest BCUT2D eigenvalue weighted by atomic mass is 10.1. The van der Waals surface area contributed by atoms with Crippen LogP contribution in [0.3, 0.4) is 0 Å². The standard InChI is InChI=1S/C47H37Cl2FN8O6/c1-62-36-11-3-7-26-28(36)21-39(48)55-41(26)46(60)57-17-5-9-34(57)43-52-32-16-13-24(20-33(32)53-43)38-23-51-45(64-38)25-14-15-31(30(50)19-25)54-44(59)35-10-6-18-58(35)47(61)42-27-8-4-12-37(63-2)29(27)22-40(49)56-42/h3-4,7-8,11-16,19-23,34-35H,5-6,9-10,17-18H2,1-2H3,(H,52,53)(H,54,59)/t34-,35+/m0/s1. The SMILES string of the molecule is COc1cccc2c(C(=O)N3CCC[C@@H]3C(=O)Nc3ccc(-c4ncc(-c5ccc6nc([C@@H]7CCCN7C(=O)c7nc(Cl)cc8c(OC)cccc78)[nH]c6c5)o4)cc3F)nc(Cl)cc12. The Kier molecular flexibility index (Phi) is 10.6. The average Bonchev–Trinajstić information content (AvgIpc) is 4.15. The number of aromatic nitrogens is 5. The Morgan fingerprint density at radius 2 is 1.41 bits per heavy atom. The number of carbonyl (C=O) groups is 3. The van der Waals surface area contributed by atoms with Crippen molar-refractivity contribution in [1.82, 2.24) is 34.7 Å². The van der Waals surface area contributed by atoms with E-state index in [-0.39, 0.29) is 45.2 Å². The van der Waals surface area contributed by atoms with Crippen molar-refractivity contribution in [2.45, 2.75) is 37.8 Å². The lowest BCUT2D eigenvalue weighted by molar-refractivity contribution is -0.119. The van der Waals surface area contributed by atoms with Crippen LogP contribution in [0, 0.1) is 5.82 Å². The predicted octanol–water partition coefficient (Wildman–Crippen LogP) is 9.66. The van der Waals surface area contributed by atoms with Crippen LogP contribution in [0.5, 0.6) is 11.5 Å². The van der Waals surface area contributed by atoms with Gasteiger partial charge in [0.05, 0.1) is 43.2 Å². The lowest BCUT2D eigenvalue weighted by Crippen LogP contribution is -2.43. The van der Waals surface area contributed by atoms with Crippen molar-refractivity contribution in [3.05, 3.63) is 124 Å². The molecule has 0 unspecified atom stereocenters. The zero-order chi connectivity index (χ0) is 44.2. The Bertz CT molecular complexity index is 3190. The number of nitrogens with zero attached hydrogens (tertiary/aromatic N) is 6. The van der Waals surface area contributed by atoms with E-state index in [0.29, 0.717) is 93.6 Å². The number of methoxy groups -OCH3 is 2. The molecule has 64 heavy (non-hydrogen) atoms. The number of pyridine rings is 2. The Balaban J connectivity index is 0.839.